The van der Waals surface area contributed by atoms with Crippen LogP contribution in [0.5, 0.6) is 5.88 Å². The van der Waals surface area contributed by atoms with Gasteiger partial charge in [0.2, 0.25) is 11.8 Å². The lowest BCUT2D eigenvalue weighted by Gasteiger charge is -2.37. The number of aliphatic hydroxyl groups excluding tert-OH is 1. The van der Waals surface area contributed by atoms with Crippen LogP contribution in [-0.4, -0.2) is 75.6 Å². The van der Waals surface area contributed by atoms with Crippen LogP contribution in [0, 0.1) is 5.92 Å². The van der Waals surface area contributed by atoms with E-state index in [1.54, 1.807) is 35.3 Å². The SMILES string of the molecule is C[C@@H]1CN([C@H](C)CO)C(=O)c2cc(-c3ccccc3)cnc2O[C@H]1CN(C)C(=O)Cc1ccccn1. The molecule has 8 nitrogen and oxygen atoms in total. The Morgan fingerprint density at radius 2 is 1.92 bits per heavy atom. The van der Waals surface area contributed by atoms with Gasteiger partial charge in [-0.05, 0) is 30.7 Å². The van der Waals surface area contributed by atoms with Crippen LogP contribution >= 0.6 is 0 Å². The average Bonchev–Trinajstić information content (AvgIpc) is 2.91. The molecule has 1 aliphatic rings. The fourth-order valence-corrected chi connectivity index (χ4v) is 4.27. The van der Waals surface area contributed by atoms with Crippen molar-refractivity contribution in [3.05, 3.63) is 78.2 Å². The molecule has 0 bridgehead atoms. The van der Waals surface area contributed by atoms with Gasteiger partial charge in [-0.3, -0.25) is 14.6 Å². The Balaban J connectivity index is 1.62. The highest BCUT2D eigenvalue weighted by Gasteiger charge is 2.34. The van der Waals surface area contributed by atoms with Gasteiger partial charge in [0.05, 0.1) is 25.6 Å². The Morgan fingerprint density at radius 1 is 1.17 bits per heavy atom. The molecule has 2 amide bonds. The number of carbonyl (C=O) groups excluding carboxylic acids is 2. The number of carbonyl (C=O) groups is 2. The smallest absolute Gasteiger partial charge is 0.259 e. The summed E-state index contributed by atoms with van der Waals surface area (Å²) in [5, 5.41) is 9.86. The molecular formula is C28H32N4O4. The van der Waals surface area contributed by atoms with Crippen molar-refractivity contribution in [2.45, 2.75) is 32.4 Å². The van der Waals surface area contributed by atoms with E-state index in [0.717, 1.165) is 11.1 Å². The molecule has 3 heterocycles. The van der Waals surface area contributed by atoms with Crippen LogP contribution in [0.3, 0.4) is 0 Å². The molecule has 3 atom stereocenters. The van der Waals surface area contributed by atoms with Gasteiger partial charge in [-0.25, -0.2) is 4.98 Å². The number of rotatable bonds is 7. The first-order valence-corrected chi connectivity index (χ1v) is 12.1. The number of aromatic nitrogens is 2. The molecule has 1 N–H and O–H groups in total. The van der Waals surface area contributed by atoms with Crippen molar-refractivity contribution >= 4 is 11.8 Å². The highest BCUT2D eigenvalue weighted by atomic mass is 16.5. The third kappa shape index (κ3) is 5.71. The maximum atomic E-state index is 13.6. The maximum absolute atomic E-state index is 13.6. The predicted molar refractivity (Wildman–Crippen MR) is 136 cm³/mol. The number of likely N-dealkylation sites (N-methyl/N-ethyl adjacent to an activating group) is 1. The van der Waals surface area contributed by atoms with Crippen molar-refractivity contribution < 1.29 is 19.4 Å². The monoisotopic (exact) mass is 488 g/mol. The van der Waals surface area contributed by atoms with E-state index in [0.29, 0.717) is 24.3 Å². The number of amides is 2. The lowest BCUT2D eigenvalue weighted by molar-refractivity contribution is -0.130. The van der Waals surface area contributed by atoms with Crippen LogP contribution in [0.15, 0.2) is 67.0 Å². The largest absolute Gasteiger partial charge is 0.472 e. The zero-order chi connectivity index (χ0) is 25.7. The van der Waals surface area contributed by atoms with Crippen LogP contribution < -0.4 is 4.74 Å². The van der Waals surface area contributed by atoms with E-state index in [4.69, 9.17) is 4.74 Å². The van der Waals surface area contributed by atoms with Gasteiger partial charge in [-0.15, -0.1) is 0 Å². The number of benzene rings is 1. The fraction of sp³-hybridized carbons (Fsp3) is 0.357. The fourth-order valence-electron chi connectivity index (χ4n) is 4.27. The number of pyridine rings is 2. The summed E-state index contributed by atoms with van der Waals surface area (Å²) in [5.74, 6) is -0.189. The van der Waals surface area contributed by atoms with Crippen molar-refractivity contribution in [1.82, 2.24) is 19.8 Å². The molecule has 1 aromatic carbocycles. The first kappa shape index (κ1) is 25.3. The quantitative estimate of drug-likeness (QED) is 0.549. The van der Waals surface area contributed by atoms with Crippen LogP contribution in [0.4, 0.5) is 0 Å². The molecule has 2 aromatic heterocycles. The summed E-state index contributed by atoms with van der Waals surface area (Å²) in [4.78, 5) is 38.5. The minimum atomic E-state index is -0.405. The van der Waals surface area contributed by atoms with Crippen molar-refractivity contribution in [1.29, 1.82) is 0 Å². The predicted octanol–water partition coefficient (Wildman–Crippen LogP) is 3.06. The van der Waals surface area contributed by atoms with E-state index in [1.165, 1.54) is 0 Å². The van der Waals surface area contributed by atoms with E-state index in [9.17, 15) is 14.7 Å². The van der Waals surface area contributed by atoms with Crippen LogP contribution in [0.25, 0.3) is 11.1 Å². The van der Waals surface area contributed by atoms with Gasteiger partial charge in [0.15, 0.2) is 0 Å². The Morgan fingerprint density at radius 3 is 2.61 bits per heavy atom. The Bertz CT molecular complexity index is 1190. The molecule has 0 unspecified atom stereocenters. The van der Waals surface area contributed by atoms with Crippen molar-refractivity contribution in [2.24, 2.45) is 5.92 Å². The molecule has 3 aromatic rings. The Labute approximate surface area is 211 Å². The summed E-state index contributed by atoms with van der Waals surface area (Å²) in [5.41, 5.74) is 2.79. The first-order valence-electron chi connectivity index (χ1n) is 12.1. The number of hydrogen-bond acceptors (Lipinski definition) is 6. The Kier molecular flexibility index (Phi) is 7.95. The zero-order valence-corrected chi connectivity index (χ0v) is 20.9. The van der Waals surface area contributed by atoms with E-state index in [1.807, 2.05) is 62.4 Å². The van der Waals surface area contributed by atoms with Crippen molar-refractivity contribution in [2.75, 3.05) is 26.7 Å². The molecule has 8 heteroatoms. The number of hydrogen-bond donors (Lipinski definition) is 1. The van der Waals surface area contributed by atoms with Crippen molar-refractivity contribution in [3.63, 3.8) is 0 Å². The van der Waals surface area contributed by atoms with Crippen molar-refractivity contribution in [3.8, 4) is 17.0 Å². The maximum Gasteiger partial charge on any atom is 0.259 e. The van der Waals surface area contributed by atoms with Gasteiger partial charge in [0, 0.05) is 43.2 Å². The minimum absolute atomic E-state index is 0.0733. The minimum Gasteiger partial charge on any atom is -0.472 e. The molecule has 4 rings (SSSR count). The lowest BCUT2D eigenvalue weighted by Crippen LogP contribution is -2.50. The third-order valence-electron chi connectivity index (χ3n) is 6.57. The molecule has 0 saturated heterocycles. The standard InChI is InChI=1S/C28H32N4O4/c1-19-16-32(20(2)18-33)28(35)24-13-22(21-9-5-4-6-10-21)15-30-27(24)36-25(19)17-31(3)26(34)14-23-11-7-8-12-29-23/h4-13,15,19-20,25,33H,14,16-18H2,1-3H3/t19-,20-,25+/m1/s1. The molecule has 36 heavy (non-hydrogen) atoms. The van der Waals surface area contributed by atoms with Gasteiger partial charge in [0.25, 0.3) is 5.91 Å². The average molecular weight is 489 g/mol. The molecule has 0 aliphatic carbocycles. The normalized spacial score (nSPS) is 18.4. The van der Waals surface area contributed by atoms with E-state index in [-0.39, 0.29) is 42.7 Å². The Hall–Kier alpha value is -3.78. The van der Waals surface area contributed by atoms with Crippen LogP contribution in [-0.2, 0) is 11.2 Å². The van der Waals surface area contributed by atoms with E-state index >= 15 is 0 Å². The molecule has 0 fully saturated rings. The number of fused-ring (bicyclic) bond motifs is 1. The highest BCUT2D eigenvalue weighted by molar-refractivity contribution is 5.98. The van der Waals surface area contributed by atoms with Gasteiger partial charge in [-0.1, -0.05) is 43.3 Å². The van der Waals surface area contributed by atoms with Gasteiger partial charge >= 0.3 is 0 Å². The lowest BCUT2D eigenvalue weighted by atomic mass is 9.99. The second-order valence-electron chi connectivity index (χ2n) is 9.34. The summed E-state index contributed by atoms with van der Waals surface area (Å²) in [6, 6.07) is 16.6. The van der Waals surface area contributed by atoms with E-state index < -0.39 is 6.10 Å². The topological polar surface area (TPSA) is 95.9 Å². The van der Waals surface area contributed by atoms with Crippen LogP contribution in [0.1, 0.15) is 29.9 Å². The second kappa shape index (κ2) is 11.3. The summed E-state index contributed by atoms with van der Waals surface area (Å²) < 4.78 is 6.31. The number of aliphatic hydroxyl groups is 1. The molecule has 188 valence electrons. The summed E-state index contributed by atoms with van der Waals surface area (Å²) in [6.07, 6.45) is 3.15. The zero-order valence-electron chi connectivity index (χ0n) is 20.9. The molecule has 0 saturated carbocycles. The van der Waals surface area contributed by atoms with Gasteiger partial charge in [-0.2, -0.15) is 0 Å². The third-order valence-corrected chi connectivity index (χ3v) is 6.57. The molecular weight excluding hydrogens is 456 g/mol. The molecule has 1 aliphatic heterocycles. The summed E-state index contributed by atoms with van der Waals surface area (Å²) in [6.45, 7) is 4.34. The first-order chi connectivity index (χ1) is 17.4. The highest BCUT2D eigenvalue weighted by Crippen LogP contribution is 2.30. The van der Waals surface area contributed by atoms with Gasteiger partial charge < -0.3 is 19.6 Å². The van der Waals surface area contributed by atoms with Crippen LogP contribution in [0.2, 0.25) is 0 Å². The second-order valence-corrected chi connectivity index (χ2v) is 9.34. The summed E-state index contributed by atoms with van der Waals surface area (Å²) in [7, 11) is 1.74. The molecule has 0 spiro atoms. The van der Waals surface area contributed by atoms with Gasteiger partial charge in [0.1, 0.15) is 11.7 Å². The summed E-state index contributed by atoms with van der Waals surface area (Å²) >= 11 is 0. The molecule has 0 radical (unpaired) electrons. The van der Waals surface area contributed by atoms with E-state index in [2.05, 4.69) is 9.97 Å². The number of nitrogens with zero attached hydrogens (tertiary/aromatic N) is 4. The number of ether oxygens (including phenoxy) is 1.